The molecule has 10 nitrogen and oxygen atoms in total. The Kier molecular flexibility index (Phi) is 5.59. The van der Waals surface area contributed by atoms with Gasteiger partial charge in [-0.1, -0.05) is 9.64 Å². The molecule has 0 spiro atoms. The van der Waals surface area contributed by atoms with Crippen LogP contribution < -0.4 is 5.32 Å². The average Bonchev–Trinajstić information content (AvgIpc) is 3.30. The summed E-state index contributed by atoms with van der Waals surface area (Å²) in [6.45, 7) is 1.89. The summed E-state index contributed by atoms with van der Waals surface area (Å²) in [5.74, 6) is -0.228. The van der Waals surface area contributed by atoms with Crippen LogP contribution in [0.25, 0.3) is 11.4 Å². The minimum Gasteiger partial charge on any atom is -0.461 e. The number of anilines is 1. The van der Waals surface area contributed by atoms with Crippen molar-refractivity contribution in [3.8, 4) is 11.4 Å². The van der Waals surface area contributed by atoms with Crippen molar-refractivity contribution in [2.75, 3.05) is 11.9 Å². The van der Waals surface area contributed by atoms with Crippen LogP contribution >= 0.6 is 11.5 Å². The van der Waals surface area contributed by atoms with Gasteiger partial charge in [-0.05, 0) is 19.1 Å². The zero-order valence-corrected chi connectivity index (χ0v) is 14.5. The zero-order valence-electron chi connectivity index (χ0n) is 13.7. The van der Waals surface area contributed by atoms with E-state index in [1.807, 2.05) is 6.07 Å². The van der Waals surface area contributed by atoms with Crippen LogP contribution in [0, 0.1) is 0 Å². The molecule has 3 aromatic rings. The van der Waals surface area contributed by atoms with Gasteiger partial charge in [-0.15, -0.1) is 5.10 Å². The fourth-order valence-electron chi connectivity index (χ4n) is 1.98. The summed E-state index contributed by atoms with van der Waals surface area (Å²) >= 11 is 0.903. The maximum atomic E-state index is 12.1. The zero-order chi connectivity index (χ0) is 18.4. The van der Waals surface area contributed by atoms with E-state index >= 15 is 0 Å². The molecule has 0 atom stereocenters. The minimum atomic E-state index is -0.630. The van der Waals surface area contributed by atoms with E-state index < -0.39 is 5.97 Å². The van der Waals surface area contributed by atoms with E-state index in [-0.39, 0.29) is 36.1 Å². The highest BCUT2D eigenvalue weighted by molar-refractivity contribution is 7.10. The summed E-state index contributed by atoms with van der Waals surface area (Å²) in [4.78, 5) is 32.0. The second kappa shape index (κ2) is 8.25. The van der Waals surface area contributed by atoms with Gasteiger partial charge in [0.15, 0.2) is 5.00 Å². The van der Waals surface area contributed by atoms with E-state index in [0.29, 0.717) is 11.7 Å². The lowest BCUT2D eigenvalue weighted by Gasteiger charge is -2.03. The molecule has 0 aromatic carbocycles. The number of aryl methyl sites for hydroxylation is 1. The molecule has 0 unspecified atom stereocenters. The molecule has 0 bridgehead atoms. The van der Waals surface area contributed by atoms with Gasteiger partial charge >= 0.3 is 5.97 Å². The summed E-state index contributed by atoms with van der Waals surface area (Å²) < 4.78 is 13.7. The Hall–Kier alpha value is -3.21. The molecule has 0 aliphatic carbocycles. The molecule has 26 heavy (non-hydrogen) atoms. The lowest BCUT2D eigenvalue weighted by atomic mass is 10.2. The first kappa shape index (κ1) is 17.6. The molecular weight excluding hydrogens is 360 g/mol. The van der Waals surface area contributed by atoms with Crippen molar-refractivity contribution in [2.24, 2.45) is 0 Å². The molecular formula is C15H14N6O4S. The smallest absolute Gasteiger partial charge is 0.362 e. The molecule has 3 aromatic heterocycles. The number of carbonyl (C=O) groups excluding carboxylic acids is 2. The number of ether oxygens (including phenoxy) is 1. The Balaban J connectivity index is 1.56. The van der Waals surface area contributed by atoms with E-state index in [0.717, 1.165) is 17.1 Å². The number of esters is 1. The maximum Gasteiger partial charge on any atom is 0.362 e. The van der Waals surface area contributed by atoms with Gasteiger partial charge in [0, 0.05) is 42.3 Å². The van der Waals surface area contributed by atoms with E-state index in [2.05, 4.69) is 30.0 Å². The third-order valence-electron chi connectivity index (χ3n) is 3.16. The molecule has 0 aliphatic heterocycles. The highest BCUT2D eigenvalue weighted by Crippen LogP contribution is 2.19. The fourth-order valence-corrected chi connectivity index (χ4v) is 2.56. The summed E-state index contributed by atoms with van der Waals surface area (Å²) in [6.07, 6.45) is 3.61. The van der Waals surface area contributed by atoms with Crippen LogP contribution in [-0.4, -0.2) is 43.2 Å². The number of nitrogens with zero attached hydrogens (tertiary/aromatic N) is 5. The second-order valence-corrected chi connectivity index (χ2v) is 5.73. The van der Waals surface area contributed by atoms with Gasteiger partial charge in [-0.3, -0.25) is 9.78 Å². The number of hydrogen-bond donors (Lipinski definition) is 1. The molecule has 1 N–H and O–H groups in total. The van der Waals surface area contributed by atoms with Crippen LogP contribution in [-0.2, 0) is 16.0 Å². The second-order valence-electron chi connectivity index (χ2n) is 4.97. The maximum absolute atomic E-state index is 12.1. The van der Waals surface area contributed by atoms with Crippen molar-refractivity contribution in [1.29, 1.82) is 0 Å². The quantitative estimate of drug-likeness (QED) is 0.614. The number of hydrogen-bond acceptors (Lipinski definition) is 10. The van der Waals surface area contributed by atoms with Gasteiger partial charge in [-0.2, -0.15) is 4.98 Å². The Morgan fingerprint density at radius 2 is 2.27 bits per heavy atom. The monoisotopic (exact) mass is 374 g/mol. The largest absolute Gasteiger partial charge is 0.461 e. The Labute approximate surface area is 151 Å². The molecule has 134 valence electrons. The summed E-state index contributed by atoms with van der Waals surface area (Å²) in [5.41, 5.74) is 0.712. The van der Waals surface area contributed by atoms with Crippen molar-refractivity contribution < 1.29 is 18.8 Å². The van der Waals surface area contributed by atoms with Gasteiger partial charge < -0.3 is 14.6 Å². The first-order chi connectivity index (χ1) is 12.7. The fraction of sp³-hybridized carbons (Fsp3) is 0.267. The number of pyridine rings is 1. The number of aromatic nitrogens is 5. The van der Waals surface area contributed by atoms with Gasteiger partial charge in [0.05, 0.1) is 6.61 Å². The minimum absolute atomic E-state index is 0.0122. The number of carbonyl (C=O) groups is 2. The summed E-state index contributed by atoms with van der Waals surface area (Å²) in [6, 6.07) is 3.57. The Bertz CT molecular complexity index is 894. The number of nitrogens with one attached hydrogen (secondary N) is 1. The SMILES string of the molecule is CCOC(=O)c1nnsc1NC(=O)CCc1nc(-c2cccnc2)no1. The molecule has 3 heterocycles. The van der Waals surface area contributed by atoms with Crippen molar-refractivity contribution in [1.82, 2.24) is 24.7 Å². The lowest BCUT2D eigenvalue weighted by molar-refractivity contribution is -0.116. The highest BCUT2D eigenvalue weighted by atomic mass is 32.1. The topological polar surface area (TPSA) is 133 Å². The molecule has 0 saturated carbocycles. The first-order valence-electron chi connectivity index (χ1n) is 7.69. The Morgan fingerprint density at radius 3 is 3.04 bits per heavy atom. The molecule has 0 radical (unpaired) electrons. The Morgan fingerprint density at radius 1 is 1.38 bits per heavy atom. The van der Waals surface area contributed by atoms with Gasteiger partial charge in [0.25, 0.3) is 0 Å². The van der Waals surface area contributed by atoms with Crippen molar-refractivity contribution in [3.05, 3.63) is 36.1 Å². The van der Waals surface area contributed by atoms with Gasteiger partial charge in [0.2, 0.25) is 23.3 Å². The van der Waals surface area contributed by atoms with Crippen LogP contribution in [0.5, 0.6) is 0 Å². The molecule has 11 heteroatoms. The van der Waals surface area contributed by atoms with Crippen molar-refractivity contribution in [3.63, 3.8) is 0 Å². The van der Waals surface area contributed by atoms with Crippen LogP contribution in [0.3, 0.4) is 0 Å². The molecule has 0 saturated heterocycles. The molecule has 0 fully saturated rings. The van der Waals surface area contributed by atoms with Crippen LogP contribution in [0.1, 0.15) is 29.7 Å². The van der Waals surface area contributed by atoms with Crippen molar-refractivity contribution >= 4 is 28.4 Å². The third-order valence-corrected chi connectivity index (χ3v) is 3.80. The predicted octanol–water partition coefficient (Wildman–Crippen LogP) is 1.73. The van der Waals surface area contributed by atoms with E-state index in [1.165, 1.54) is 0 Å². The number of amides is 1. The molecule has 0 aliphatic rings. The van der Waals surface area contributed by atoms with Gasteiger partial charge in [0.1, 0.15) is 0 Å². The average molecular weight is 374 g/mol. The van der Waals surface area contributed by atoms with E-state index in [9.17, 15) is 9.59 Å². The normalized spacial score (nSPS) is 10.5. The summed E-state index contributed by atoms with van der Waals surface area (Å²) in [7, 11) is 0. The van der Waals surface area contributed by atoms with Crippen LogP contribution in [0.2, 0.25) is 0 Å². The first-order valence-corrected chi connectivity index (χ1v) is 8.47. The van der Waals surface area contributed by atoms with E-state index in [1.54, 1.807) is 25.4 Å². The molecule has 1 amide bonds. The lowest BCUT2D eigenvalue weighted by Crippen LogP contribution is -2.15. The predicted molar refractivity (Wildman–Crippen MR) is 90.3 cm³/mol. The van der Waals surface area contributed by atoms with Crippen molar-refractivity contribution in [2.45, 2.75) is 19.8 Å². The molecule has 3 rings (SSSR count). The summed E-state index contributed by atoms with van der Waals surface area (Å²) in [5, 5.41) is 10.4. The number of rotatable bonds is 7. The van der Waals surface area contributed by atoms with Crippen LogP contribution in [0.4, 0.5) is 5.00 Å². The van der Waals surface area contributed by atoms with Gasteiger partial charge in [-0.25, -0.2) is 4.79 Å². The standard InChI is InChI=1S/C15H14N6O4S/c1-2-24-15(23)12-14(26-21-19-12)17-10(22)5-6-11-18-13(20-25-11)9-4-3-7-16-8-9/h3-4,7-8H,2,5-6H2,1H3,(H,17,22). The van der Waals surface area contributed by atoms with E-state index in [4.69, 9.17) is 9.26 Å². The van der Waals surface area contributed by atoms with Crippen LogP contribution in [0.15, 0.2) is 29.0 Å². The highest BCUT2D eigenvalue weighted by Gasteiger charge is 2.20. The third kappa shape index (κ3) is 4.25.